The molecule has 0 bridgehead atoms. The molecule has 116 valence electrons. The van der Waals surface area contributed by atoms with Crippen LogP contribution in [0.5, 0.6) is 0 Å². The van der Waals surface area contributed by atoms with Gasteiger partial charge < -0.3 is 4.90 Å². The molecule has 21 heavy (non-hydrogen) atoms. The second-order valence-electron chi connectivity index (χ2n) is 5.02. The number of carbonyl (C=O) groups excluding carboxylic acids is 1. The van der Waals surface area contributed by atoms with Gasteiger partial charge in [-0.1, -0.05) is 30.4 Å². The van der Waals surface area contributed by atoms with E-state index in [0.29, 0.717) is 6.42 Å². The molecule has 0 fully saturated rings. The van der Waals surface area contributed by atoms with Gasteiger partial charge in [-0.25, -0.2) is 4.98 Å². The average Bonchev–Trinajstić information content (AvgIpc) is 2.85. The van der Waals surface area contributed by atoms with Crippen LogP contribution in [0.1, 0.15) is 19.8 Å². The van der Waals surface area contributed by atoms with E-state index in [1.165, 1.54) is 0 Å². The van der Waals surface area contributed by atoms with E-state index >= 15 is 0 Å². The van der Waals surface area contributed by atoms with Crippen molar-refractivity contribution in [1.82, 2.24) is 9.88 Å². The van der Waals surface area contributed by atoms with E-state index in [2.05, 4.69) is 9.88 Å². The van der Waals surface area contributed by atoms with Gasteiger partial charge in [0.25, 0.3) is 0 Å². The maximum absolute atomic E-state index is 12.1. The molecule has 0 aliphatic rings. The van der Waals surface area contributed by atoms with Gasteiger partial charge in [-0.05, 0) is 39.2 Å². The summed E-state index contributed by atoms with van der Waals surface area (Å²) >= 11 is 1.59. The van der Waals surface area contributed by atoms with E-state index in [4.69, 9.17) is 0 Å². The number of nitrogens with zero attached hydrogens (tertiary/aromatic N) is 3. The predicted molar refractivity (Wildman–Crippen MR) is 92.7 cm³/mol. The van der Waals surface area contributed by atoms with Crippen LogP contribution >= 0.6 is 23.7 Å². The summed E-state index contributed by atoms with van der Waals surface area (Å²) in [5.41, 5.74) is 0.967. The minimum atomic E-state index is 0. The summed E-state index contributed by atoms with van der Waals surface area (Å²) in [6, 6.07) is 8.01. The molecule has 0 spiro atoms. The Hall–Kier alpha value is -1.17. The van der Waals surface area contributed by atoms with Gasteiger partial charge in [0.2, 0.25) is 5.91 Å². The van der Waals surface area contributed by atoms with Crippen molar-refractivity contribution in [2.45, 2.75) is 19.8 Å². The van der Waals surface area contributed by atoms with E-state index in [1.54, 1.807) is 11.3 Å². The third-order valence-corrected chi connectivity index (χ3v) is 4.16. The summed E-state index contributed by atoms with van der Waals surface area (Å²) in [5, 5.41) is 0.816. The molecule has 6 heteroatoms. The van der Waals surface area contributed by atoms with Gasteiger partial charge in [0.05, 0.1) is 10.2 Å². The number of fused-ring (bicyclic) bond motifs is 1. The number of para-hydroxylation sites is 1. The Bertz CT molecular complexity index is 552. The van der Waals surface area contributed by atoms with Crippen molar-refractivity contribution >= 4 is 45.0 Å². The fourth-order valence-electron chi connectivity index (χ4n) is 2.04. The molecule has 0 saturated heterocycles. The molecule has 2 rings (SSSR count). The van der Waals surface area contributed by atoms with Gasteiger partial charge in [0.15, 0.2) is 5.13 Å². The Morgan fingerprint density at radius 2 is 1.95 bits per heavy atom. The first-order chi connectivity index (χ1) is 9.61. The van der Waals surface area contributed by atoms with Crippen LogP contribution in [-0.2, 0) is 4.79 Å². The first kappa shape index (κ1) is 17.9. The fourth-order valence-corrected chi connectivity index (χ4v) is 3.05. The molecule has 0 atom stereocenters. The lowest BCUT2D eigenvalue weighted by Crippen LogP contribution is -2.32. The Morgan fingerprint density at radius 3 is 2.57 bits per heavy atom. The Balaban J connectivity index is 0.00000220. The van der Waals surface area contributed by atoms with Gasteiger partial charge >= 0.3 is 0 Å². The summed E-state index contributed by atoms with van der Waals surface area (Å²) in [7, 11) is 4.09. The van der Waals surface area contributed by atoms with E-state index in [-0.39, 0.29) is 18.3 Å². The van der Waals surface area contributed by atoms with Crippen molar-refractivity contribution in [3.63, 3.8) is 0 Å². The molecule has 0 N–H and O–H groups in total. The Kier molecular flexibility index (Phi) is 7.08. The monoisotopic (exact) mass is 327 g/mol. The lowest BCUT2D eigenvalue weighted by Gasteiger charge is -2.20. The van der Waals surface area contributed by atoms with Crippen molar-refractivity contribution in [3.05, 3.63) is 24.3 Å². The van der Waals surface area contributed by atoms with Crippen LogP contribution in [0, 0.1) is 0 Å². The number of hydrogen-bond acceptors (Lipinski definition) is 4. The van der Waals surface area contributed by atoms with Gasteiger partial charge in [-0.3, -0.25) is 9.69 Å². The van der Waals surface area contributed by atoms with E-state index in [9.17, 15) is 4.79 Å². The largest absolute Gasteiger partial charge is 0.309 e. The number of hydrogen-bond donors (Lipinski definition) is 0. The third kappa shape index (κ3) is 4.66. The molecular formula is C15H22ClN3OS. The maximum Gasteiger partial charge on any atom is 0.228 e. The van der Waals surface area contributed by atoms with E-state index in [1.807, 2.05) is 50.2 Å². The summed E-state index contributed by atoms with van der Waals surface area (Å²) in [6.45, 7) is 3.59. The first-order valence-electron chi connectivity index (χ1n) is 6.92. The zero-order valence-corrected chi connectivity index (χ0v) is 14.3. The van der Waals surface area contributed by atoms with E-state index < -0.39 is 0 Å². The summed E-state index contributed by atoms with van der Waals surface area (Å²) in [5.74, 6) is 0.141. The number of carbonyl (C=O) groups is 1. The average molecular weight is 328 g/mol. The van der Waals surface area contributed by atoms with Crippen molar-refractivity contribution in [2.24, 2.45) is 0 Å². The Labute approximate surface area is 136 Å². The first-order valence-corrected chi connectivity index (χ1v) is 7.74. The van der Waals surface area contributed by atoms with Crippen LogP contribution < -0.4 is 4.90 Å². The number of benzene rings is 1. The predicted octanol–water partition coefficient (Wildman–Crippen LogP) is 3.41. The molecule has 0 aliphatic carbocycles. The van der Waals surface area contributed by atoms with Crippen LogP contribution in [0.4, 0.5) is 5.13 Å². The highest BCUT2D eigenvalue weighted by molar-refractivity contribution is 7.22. The highest BCUT2D eigenvalue weighted by Crippen LogP contribution is 2.29. The number of amides is 1. The van der Waals surface area contributed by atoms with Crippen molar-refractivity contribution in [3.8, 4) is 0 Å². The molecule has 1 aromatic carbocycles. The number of halogens is 1. The second kappa shape index (κ2) is 8.32. The van der Waals surface area contributed by atoms with Gasteiger partial charge in [0.1, 0.15) is 0 Å². The third-order valence-electron chi connectivity index (χ3n) is 3.10. The van der Waals surface area contributed by atoms with Crippen LogP contribution in [0.2, 0.25) is 0 Å². The zero-order valence-electron chi connectivity index (χ0n) is 12.7. The lowest BCUT2D eigenvalue weighted by molar-refractivity contribution is -0.118. The minimum Gasteiger partial charge on any atom is -0.309 e. The molecule has 0 radical (unpaired) electrons. The minimum absolute atomic E-state index is 0. The lowest BCUT2D eigenvalue weighted by atomic mass is 10.3. The summed E-state index contributed by atoms with van der Waals surface area (Å²) in [4.78, 5) is 20.7. The smallest absolute Gasteiger partial charge is 0.228 e. The van der Waals surface area contributed by atoms with Gasteiger partial charge in [-0.15, -0.1) is 12.4 Å². The molecule has 0 saturated carbocycles. The van der Waals surface area contributed by atoms with Crippen molar-refractivity contribution in [1.29, 1.82) is 0 Å². The highest BCUT2D eigenvalue weighted by Gasteiger charge is 2.17. The zero-order chi connectivity index (χ0) is 14.5. The second-order valence-corrected chi connectivity index (χ2v) is 6.03. The SMILES string of the molecule is CCC(=O)N(CCCN(C)C)c1nc2ccccc2s1.Cl. The molecule has 2 aromatic rings. The molecule has 0 unspecified atom stereocenters. The quantitative estimate of drug-likeness (QED) is 0.815. The molecule has 4 nitrogen and oxygen atoms in total. The number of rotatable bonds is 6. The Morgan fingerprint density at radius 1 is 1.24 bits per heavy atom. The highest BCUT2D eigenvalue weighted by atomic mass is 35.5. The summed E-state index contributed by atoms with van der Waals surface area (Å²) < 4.78 is 1.13. The summed E-state index contributed by atoms with van der Waals surface area (Å²) in [6.07, 6.45) is 1.46. The molecule has 1 heterocycles. The molecular weight excluding hydrogens is 306 g/mol. The van der Waals surface area contributed by atoms with Gasteiger partial charge in [-0.2, -0.15) is 0 Å². The van der Waals surface area contributed by atoms with Crippen LogP contribution in [-0.4, -0.2) is 43.0 Å². The van der Waals surface area contributed by atoms with Crippen molar-refractivity contribution < 1.29 is 4.79 Å². The molecule has 1 amide bonds. The van der Waals surface area contributed by atoms with Crippen LogP contribution in [0.25, 0.3) is 10.2 Å². The van der Waals surface area contributed by atoms with Gasteiger partial charge in [0, 0.05) is 13.0 Å². The molecule has 0 aliphatic heterocycles. The number of aromatic nitrogens is 1. The van der Waals surface area contributed by atoms with Crippen molar-refractivity contribution in [2.75, 3.05) is 32.1 Å². The van der Waals surface area contributed by atoms with Crippen LogP contribution in [0.15, 0.2) is 24.3 Å². The standard InChI is InChI=1S/C15H21N3OS.ClH/c1-4-14(19)18(11-7-10-17(2)3)15-16-12-8-5-6-9-13(12)20-15;/h5-6,8-9H,4,7,10-11H2,1-3H3;1H. The normalized spacial score (nSPS) is 10.7. The topological polar surface area (TPSA) is 36.4 Å². The number of thiazole rings is 1. The van der Waals surface area contributed by atoms with Crippen LogP contribution in [0.3, 0.4) is 0 Å². The molecule has 1 aromatic heterocycles. The maximum atomic E-state index is 12.1. The number of anilines is 1. The fraction of sp³-hybridized carbons (Fsp3) is 0.467. The van der Waals surface area contributed by atoms with E-state index in [0.717, 1.165) is 34.9 Å².